The summed E-state index contributed by atoms with van der Waals surface area (Å²) < 4.78 is 43.2. The van der Waals surface area contributed by atoms with Gasteiger partial charge in [-0.2, -0.15) is 18.2 Å². The molecule has 4 nitrogen and oxygen atoms in total. The van der Waals surface area contributed by atoms with E-state index < -0.39 is 17.8 Å². The predicted octanol–water partition coefficient (Wildman–Crippen LogP) is 2.78. The van der Waals surface area contributed by atoms with E-state index in [9.17, 15) is 13.2 Å². The molecular formula is C11H10F3N3O. The van der Waals surface area contributed by atoms with Crippen LogP contribution in [0.25, 0.3) is 11.4 Å². The van der Waals surface area contributed by atoms with Crippen molar-refractivity contribution in [2.75, 3.05) is 0 Å². The molecule has 0 bridgehead atoms. The number of rotatable bonds is 2. The van der Waals surface area contributed by atoms with E-state index in [-0.39, 0.29) is 17.3 Å². The molecule has 0 aliphatic heterocycles. The first-order valence-electron chi connectivity index (χ1n) is 5.15. The van der Waals surface area contributed by atoms with E-state index in [0.29, 0.717) is 0 Å². The summed E-state index contributed by atoms with van der Waals surface area (Å²) in [7, 11) is 0. The van der Waals surface area contributed by atoms with Gasteiger partial charge in [0, 0.05) is 5.56 Å². The number of aromatic nitrogens is 2. The van der Waals surface area contributed by atoms with Crippen LogP contribution in [0.5, 0.6) is 0 Å². The van der Waals surface area contributed by atoms with Crippen molar-refractivity contribution in [2.24, 2.45) is 5.73 Å². The molecule has 1 aromatic carbocycles. The fraction of sp³-hybridized carbons (Fsp3) is 0.273. The molecule has 1 aromatic heterocycles. The van der Waals surface area contributed by atoms with Crippen LogP contribution in [0.1, 0.15) is 24.4 Å². The average Bonchev–Trinajstić information content (AvgIpc) is 2.77. The van der Waals surface area contributed by atoms with Gasteiger partial charge in [-0.25, -0.2) is 0 Å². The van der Waals surface area contributed by atoms with Crippen molar-refractivity contribution in [3.05, 3.63) is 35.7 Å². The summed E-state index contributed by atoms with van der Waals surface area (Å²) in [5.74, 6) is -0.0165. The fourth-order valence-corrected chi connectivity index (χ4v) is 1.45. The molecule has 0 radical (unpaired) electrons. The SMILES string of the molecule is C[C@@H](N)c1nc(-c2ccccc2C(F)(F)F)no1. The molecule has 2 aromatic rings. The summed E-state index contributed by atoms with van der Waals surface area (Å²) in [4.78, 5) is 3.85. The van der Waals surface area contributed by atoms with Gasteiger partial charge >= 0.3 is 6.18 Å². The Hall–Kier alpha value is -1.89. The van der Waals surface area contributed by atoms with Crippen molar-refractivity contribution in [3.63, 3.8) is 0 Å². The third-order valence-electron chi connectivity index (χ3n) is 2.30. The summed E-state index contributed by atoms with van der Waals surface area (Å²) >= 11 is 0. The topological polar surface area (TPSA) is 64.9 Å². The quantitative estimate of drug-likeness (QED) is 0.898. The Morgan fingerprint density at radius 3 is 2.50 bits per heavy atom. The second-order valence-electron chi connectivity index (χ2n) is 3.79. The number of halogens is 3. The van der Waals surface area contributed by atoms with Crippen LogP contribution < -0.4 is 5.73 Å². The van der Waals surface area contributed by atoms with E-state index in [1.165, 1.54) is 18.2 Å². The van der Waals surface area contributed by atoms with Gasteiger partial charge in [0.2, 0.25) is 11.7 Å². The molecule has 2 rings (SSSR count). The predicted molar refractivity (Wildman–Crippen MR) is 57.3 cm³/mol. The second kappa shape index (κ2) is 4.41. The van der Waals surface area contributed by atoms with E-state index in [1.807, 2.05) is 0 Å². The van der Waals surface area contributed by atoms with Crippen LogP contribution in [-0.4, -0.2) is 10.1 Å². The molecule has 96 valence electrons. The molecule has 1 heterocycles. The molecule has 2 N–H and O–H groups in total. The van der Waals surface area contributed by atoms with Crippen LogP contribution in [0.2, 0.25) is 0 Å². The lowest BCUT2D eigenvalue weighted by atomic mass is 10.1. The average molecular weight is 257 g/mol. The molecular weight excluding hydrogens is 247 g/mol. The Balaban J connectivity index is 2.50. The molecule has 0 unspecified atom stereocenters. The third kappa shape index (κ3) is 2.35. The molecule has 1 atom stereocenters. The van der Waals surface area contributed by atoms with Gasteiger partial charge in [0.15, 0.2) is 0 Å². The molecule has 0 spiro atoms. The van der Waals surface area contributed by atoms with Gasteiger partial charge in [0.1, 0.15) is 0 Å². The van der Waals surface area contributed by atoms with Crippen LogP contribution in [-0.2, 0) is 6.18 Å². The highest BCUT2D eigenvalue weighted by Gasteiger charge is 2.34. The number of benzene rings is 1. The van der Waals surface area contributed by atoms with Crippen LogP contribution in [0, 0.1) is 0 Å². The lowest BCUT2D eigenvalue weighted by Gasteiger charge is -2.09. The molecule has 7 heteroatoms. The van der Waals surface area contributed by atoms with Crippen LogP contribution in [0.4, 0.5) is 13.2 Å². The summed E-state index contributed by atoms with van der Waals surface area (Å²) in [6.07, 6.45) is -4.47. The molecule has 0 saturated carbocycles. The van der Waals surface area contributed by atoms with Crippen molar-refractivity contribution < 1.29 is 17.7 Å². The van der Waals surface area contributed by atoms with E-state index in [1.54, 1.807) is 6.92 Å². The first-order valence-corrected chi connectivity index (χ1v) is 5.15. The molecule has 0 saturated heterocycles. The highest BCUT2D eigenvalue weighted by Crippen LogP contribution is 2.35. The largest absolute Gasteiger partial charge is 0.417 e. The molecule has 0 fully saturated rings. The van der Waals surface area contributed by atoms with Gasteiger partial charge in [-0.3, -0.25) is 0 Å². The summed E-state index contributed by atoms with van der Waals surface area (Å²) in [5.41, 5.74) is 4.58. The van der Waals surface area contributed by atoms with Gasteiger partial charge < -0.3 is 10.3 Å². The minimum absolute atomic E-state index is 0.0991. The maximum atomic E-state index is 12.8. The standard InChI is InChI=1S/C11H10F3N3O/c1-6(15)10-16-9(17-18-10)7-4-2-3-5-8(7)11(12,13)14/h2-6H,15H2,1H3/t6-/m1/s1. The van der Waals surface area contributed by atoms with Crippen LogP contribution in [0.3, 0.4) is 0 Å². The Labute approximate surface area is 101 Å². The van der Waals surface area contributed by atoms with E-state index in [2.05, 4.69) is 10.1 Å². The van der Waals surface area contributed by atoms with Crippen molar-refractivity contribution in [2.45, 2.75) is 19.1 Å². The molecule has 0 aliphatic rings. The first kappa shape index (κ1) is 12.6. The Kier molecular flexibility index (Phi) is 3.08. The van der Waals surface area contributed by atoms with Gasteiger partial charge in [-0.1, -0.05) is 23.4 Å². The lowest BCUT2D eigenvalue weighted by Crippen LogP contribution is -2.08. The Morgan fingerprint density at radius 1 is 1.28 bits per heavy atom. The highest BCUT2D eigenvalue weighted by molar-refractivity contribution is 5.60. The minimum atomic E-state index is -4.47. The molecule has 0 amide bonds. The normalized spacial score (nSPS) is 13.6. The number of nitrogens with zero attached hydrogens (tertiary/aromatic N) is 2. The maximum absolute atomic E-state index is 12.8. The number of alkyl halides is 3. The van der Waals surface area contributed by atoms with Gasteiger partial charge in [-0.15, -0.1) is 0 Å². The molecule has 0 aliphatic carbocycles. The zero-order valence-electron chi connectivity index (χ0n) is 9.40. The summed E-state index contributed by atoms with van der Waals surface area (Å²) in [6, 6.07) is 4.52. The van der Waals surface area contributed by atoms with E-state index in [4.69, 9.17) is 10.3 Å². The van der Waals surface area contributed by atoms with Gasteiger partial charge in [-0.05, 0) is 13.0 Å². The monoisotopic (exact) mass is 257 g/mol. The van der Waals surface area contributed by atoms with Gasteiger partial charge in [0.25, 0.3) is 0 Å². The first-order chi connectivity index (χ1) is 8.39. The Morgan fingerprint density at radius 2 is 1.94 bits per heavy atom. The summed E-state index contributed by atoms with van der Waals surface area (Å²) in [6.45, 7) is 1.60. The van der Waals surface area contributed by atoms with Crippen molar-refractivity contribution in [1.82, 2.24) is 10.1 Å². The molecule has 18 heavy (non-hydrogen) atoms. The number of hydrogen-bond donors (Lipinski definition) is 1. The summed E-state index contributed by atoms with van der Waals surface area (Å²) in [5, 5.41) is 3.52. The number of hydrogen-bond acceptors (Lipinski definition) is 4. The van der Waals surface area contributed by atoms with Crippen molar-refractivity contribution in [1.29, 1.82) is 0 Å². The fourth-order valence-electron chi connectivity index (χ4n) is 1.45. The zero-order chi connectivity index (χ0) is 13.3. The van der Waals surface area contributed by atoms with Crippen LogP contribution >= 0.6 is 0 Å². The van der Waals surface area contributed by atoms with Gasteiger partial charge in [0.05, 0.1) is 11.6 Å². The second-order valence-corrected chi connectivity index (χ2v) is 3.79. The third-order valence-corrected chi connectivity index (χ3v) is 2.30. The zero-order valence-corrected chi connectivity index (χ0v) is 9.40. The highest BCUT2D eigenvalue weighted by atomic mass is 19.4. The van der Waals surface area contributed by atoms with Crippen molar-refractivity contribution in [3.8, 4) is 11.4 Å². The lowest BCUT2D eigenvalue weighted by molar-refractivity contribution is -0.137. The van der Waals surface area contributed by atoms with Crippen molar-refractivity contribution >= 4 is 0 Å². The van der Waals surface area contributed by atoms with E-state index in [0.717, 1.165) is 6.07 Å². The van der Waals surface area contributed by atoms with Crippen LogP contribution in [0.15, 0.2) is 28.8 Å². The number of nitrogens with two attached hydrogens (primary N) is 1. The maximum Gasteiger partial charge on any atom is 0.417 e. The minimum Gasteiger partial charge on any atom is -0.337 e. The smallest absolute Gasteiger partial charge is 0.337 e. The van der Waals surface area contributed by atoms with E-state index >= 15 is 0 Å². The Bertz CT molecular complexity index is 548.